The van der Waals surface area contributed by atoms with Gasteiger partial charge >= 0.3 is 0 Å². The number of nitrogens with zero attached hydrogens (tertiary/aromatic N) is 6. The average molecular weight is 485 g/mol. The summed E-state index contributed by atoms with van der Waals surface area (Å²) >= 11 is 0. The first-order valence-electron chi connectivity index (χ1n) is 12.5. The van der Waals surface area contributed by atoms with Crippen LogP contribution in [0.2, 0.25) is 0 Å². The summed E-state index contributed by atoms with van der Waals surface area (Å²) in [7, 11) is 0. The predicted molar refractivity (Wildman–Crippen MR) is 139 cm³/mol. The zero-order valence-corrected chi connectivity index (χ0v) is 20.5. The van der Waals surface area contributed by atoms with Crippen molar-refractivity contribution < 1.29 is 9.18 Å². The lowest BCUT2D eigenvalue weighted by atomic mass is 10.1. The van der Waals surface area contributed by atoms with Crippen molar-refractivity contribution in [1.82, 2.24) is 19.4 Å². The van der Waals surface area contributed by atoms with Gasteiger partial charge in [0.15, 0.2) is 5.65 Å². The van der Waals surface area contributed by atoms with Gasteiger partial charge in [-0.15, -0.1) is 0 Å². The first-order chi connectivity index (χ1) is 17.5. The zero-order chi connectivity index (χ0) is 24.8. The number of carbonyl (C=O) groups is 1. The Morgan fingerprint density at radius 3 is 2.50 bits per heavy atom. The number of halogens is 1. The molecule has 2 aliphatic heterocycles. The van der Waals surface area contributed by atoms with E-state index in [9.17, 15) is 9.18 Å². The van der Waals surface area contributed by atoms with Crippen LogP contribution in [0, 0.1) is 5.82 Å². The topological polar surface area (TPSA) is 57.5 Å². The van der Waals surface area contributed by atoms with Gasteiger partial charge in [-0.2, -0.15) is 0 Å². The van der Waals surface area contributed by atoms with E-state index in [1.165, 1.54) is 12.1 Å². The highest BCUT2D eigenvalue weighted by Gasteiger charge is 2.35. The molecule has 0 saturated carbocycles. The van der Waals surface area contributed by atoms with Crippen LogP contribution >= 0.6 is 0 Å². The third-order valence-electron chi connectivity index (χ3n) is 7.37. The first-order valence-corrected chi connectivity index (χ1v) is 12.5. The van der Waals surface area contributed by atoms with E-state index in [1.807, 2.05) is 45.9 Å². The minimum absolute atomic E-state index is 0.0108. The van der Waals surface area contributed by atoms with Crippen molar-refractivity contribution in [3.63, 3.8) is 0 Å². The van der Waals surface area contributed by atoms with Gasteiger partial charge in [0, 0.05) is 55.7 Å². The Bertz CT molecular complexity index is 1420. The molecule has 36 heavy (non-hydrogen) atoms. The van der Waals surface area contributed by atoms with E-state index in [0.717, 1.165) is 47.7 Å². The predicted octanol–water partition coefficient (Wildman–Crippen LogP) is 4.51. The van der Waals surface area contributed by atoms with E-state index in [0.29, 0.717) is 18.7 Å². The molecular weight excluding hydrogens is 455 g/mol. The van der Waals surface area contributed by atoms with E-state index in [-0.39, 0.29) is 23.8 Å². The molecule has 6 rings (SSSR count). The number of fused-ring (bicyclic) bond motifs is 1. The number of anilines is 2. The fourth-order valence-electron chi connectivity index (χ4n) is 5.32. The Labute approximate surface area is 209 Å². The standard InChI is InChI=1S/C28H29FN6O/c1-19-16-34(28(36)21-8-4-3-5-9-21)20(2)15-33(19)26-25-24(32-12-7-13-32)17-35(27(25)31-18-30-26)23-11-6-10-22(29)14-23/h3-6,8-11,14,17-20H,7,12-13,15-16H2,1-2H3/t19-,20+/m0/s1. The number of piperazine rings is 1. The Kier molecular flexibility index (Phi) is 5.59. The van der Waals surface area contributed by atoms with E-state index < -0.39 is 0 Å². The second-order valence-corrected chi connectivity index (χ2v) is 9.77. The molecule has 0 N–H and O–H groups in total. The summed E-state index contributed by atoms with van der Waals surface area (Å²) in [6.45, 7) is 7.44. The molecule has 0 bridgehead atoms. The van der Waals surface area contributed by atoms with E-state index in [4.69, 9.17) is 4.98 Å². The highest BCUT2D eigenvalue weighted by Crippen LogP contribution is 2.39. The van der Waals surface area contributed by atoms with Gasteiger partial charge in [-0.1, -0.05) is 24.3 Å². The van der Waals surface area contributed by atoms with Crippen LogP contribution in [0.3, 0.4) is 0 Å². The van der Waals surface area contributed by atoms with Gasteiger partial charge in [0.05, 0.1) is 11.1 Å². The Morgan fingerprint density at radius 2 is 1.78 bits per heavy atom. The van der Waals surface area contributed by atoms with Crippen molar-refractivity contribution in [3.8, 4) is 5.69 Å². The molecule has 7 nitrogen and oxygen atoms in total. The number of rotatable bonds is 4. The number of amides is 1. The van der Waals surface area contributed by atoms with Crippen molar-refractivity contribution in [2.45, 2.75) is 32.4 Å². The van der Waals surface area contributed by atoms with E-state index in [2.05, 4.69) is 34.8 Å². The lowest BCUT2D eigenvalue weighted by Crippen LogP contribution is -2.58. The largest absolute Gasteiger partial charge is 0.369 e. The molecule has 4 aromatic rings. The summed E-state index contributed by atoms with van der Waals surface area (Å²) in [5.41, 5.74) is 3.27. The Hall–Kier alpha value is -3.94. The molecule has 0 radical (unpaired) electrons. The molecule has 0 unspecified atom stereocenters. The normalized spacial score (nSPS) is 20.0. The van der Waals surface area contributed by atoms with Crippen LogP contribution in [0.1, 0.15) is 30.6 Å². The molecule has 0 aliphatic carbocycles. The maximum atomic E-state index is 14.1. The molecule has 8 heteroatoms. The molecule has 2 atom stereocenters. The van der Waals surface area contributed by atoms with Crippen LogP contribution < -0.4 is 9.80 Å². The summed E-state index contributed by atoms with van der Waals surface area (Å²) in [6, 6.07) is 16.1. The Balaban J connectivity index is 1.40. The monoisotopic (exact) mass is 484 g/mol. The van der Waals surface area contributed by atoms with Gasteiger partial charge in [-0.3, -0.25) is 9.36 Å². The van der Waals surface area contributed by atoms with Gasteiger partial charge in [0.25, 0.3) is 5.91 Å². The SMILES string of the molecule is C[C@@H]1CN(c2ncnc3c2c(N2CCC2)cn3-c2cccc(F)c2)[C@@H](C)CN1C(=O)c1ccccc1. The molecule has 2 aliphatic rings. The van der Waals surface area contributed by atoms with Crippen molar-refractivity contribution in [2.24, 2.45) is 0 Å². The summed E-state index contributed by atoms with van der Waals surface area (Å²) in [5, 5.41) is 0.975. The number of aromatic nitrogens is 3. The molecule has 1 amide bonds. The maximum absolute atomic E-state index is 14.1. The van der Waals surface area contributed by atoms with Gasteiger partial charge in [0.2, 0.25) is 0 Å². The third-order valence-corrected chi connectivity index (χ3v) is 7.37. The molecule has 2 saturated heterocycles. The Morgan fingerprint density at radius 1 is 0.972 bits per heavy atom. The van der Waals surface area contributed by atoms with Crippen LogP contribution in [-0.4, -0.2) is 63.6 Å². The second kappa shape index (κ2) is 8.93. The second-order valence-electron chi connectivity index (χ2n) is 9.77. The van der Waals surface area contributed by atoms with Crippen LogP contribution in [0.4, 0.5) is 15.9 Å². The lowest BCUT2D eigenvalue weighted by Gasteiger charge is -2.45. The minimum Gasteiger partial charge on any atom is -0.369 e. The fourth-order valence-corrected chi connectivity index (χ4v) is 5.32. The van der Waals surface area contributed by atoms with Crippen LogP contribution in [-0.2, 0) is 0 Å². The summed E-state index contributed by atoms with van der Waals surface area (Å²) < 4.78 is 16.0. The average Bonchev–Trinajstić information content (AvgIpc) is 3.24. The number of hydrogen-bond donors (Lipinski definition) is 0. The van der Waals surface area contributed by atoms with Crippen LogP contribution in [0.5, 0.6) is 0 Å². The quantitative estimate of drug-likeness (QED) is 0.427. The van der Waals surface area contributed by atoms with Crippen molar-refractivity contribution in [1.29, 1.82) is 0 Å². The smallest absolute Gasteiger partial charge is 0.254 e. The minimum atomic E-state index is -0.282. The highest BCUT2D eigenvalue weighted by atomic mass is 19.1. The zero-order valence-electron chi connectivity index (χ0n) is 20.5. The molecule has 2 aromatic heterocycles. The molecule has 184 valence electrons. The molecule has 2 fully saturated rings. The third kappa shape index (κ3) is 3.77. The van der Waals surface area contributed by atoms with Gasteiger partial charge < -0.3 is 14.7 Å². The summed E-state index contributed by atoms with van der Waals surface area (Å²) in [5.74, 6) is 0.639. The van der Waals surface area contributed by atoms with Crippen LogP contribution in [0.15, 0.2) is 67.1 Å². The molecule has 4 heterocycles. The summed E-state index contributed by atoms with van der Waals surface area (Å²) in [6.07, 6.45) is 4.79. The van der Waals surface area contributed by atoms with Gasteiger partial charge in [-0.05, 0) is 50.6 Å². The van der Waals surface area contributed by atoms with Crippen molar-refractivity contribution >= 4 is 28.4 Å². The molecule has 2 aromatic carbocycles. The van der Waals surface area contributed by atoms with Crippen LogP contribution in [0.25, 0.3) is 16.7 Å². The fraction of sp³-hybridized carbons (Fsp3) is 0.321. The number of hydrogen-bond acceptors (Lipinski definition) is 5. The van der Waals surface area contributed by atoms with Crippen molar-refractivity contribution in [2.75, 3.05) is 36.0 Å². The molecular formula is C28H29FN6O. The number of benzene rings is 2. The molecule has 0 spiro atoms. The van der Waals surface area contributed by atoms with E-state index >= 15 is 0 Å². The lowest BCUT2D eigenvalue weighted by molar-refractivity contribution is 0.0644. The van der Waals surface area contributed by atoms with Crippen molar-refractivity contribution in [3.05, 3.63) is 78.5 Å². The van der Waals surface area contributed by atoms with Gasteiger partial charge in [-0.25, -0.2) is 14.4 Å². The highest BCUT2D eigenvalue weighted by molar-refractivity contribution is 6.01. The summed E-state index contributed by atoms with van der Waals surface area (Å²) in [4.78, 5) is 29.2. The van der Waals surface area contributed by atoms with E-state index in [1.54, 1.807) is 12.4 Å². The first kappa shape index (κ1) is 22.5. The van der Waals surface area contributed by atoms with Gasteiger partial charge in [0.1, 0.15) is 18.0 Å². The maximum Gasteiger partial charge on any atom is 0.254 e. The number of carbonyl (C=O) groups excluding carboxylic acids is 1.